The molecule has 0 aromatic rings. The summed E-state index contributed by atoms with van der Waals surface area (Å²) in [6, 6.07) is 0. The average Bonchev–Trinajstić information content (AvgIpc) is 3.20. The van der Waals surface area contributed by atoms with Gasteiger partial charge in [0.2, 0.25) is 0 Å². The second-order valence-electron chi connectivity index (χ2n) is 15.7. The Morgan fingerprint density at radius 2 is 1.33 bits per heavy atom. The highest BCUT2D eigenvalue weighted by Crippen LogP contribution is 2.42. The van der Waals surface area contributed by atoms with Crippen LogP contribution in [0.3, 0.4) is 0 Å². The van der Waals surface area contributed by atoms with Gasteiger partial charge in [-0.25, -0.2) is 4.79 Å². The molecule has 14 N–H and O–H groups in total. The molecule has 4 fully saturated rings. The van der Waals surface area contributed by atoms with E-state index in [-0.39, 0.29) is 6.47 Å². The molecule has 0 amide bonds. The molecule has 4 aliphatic heterocycles. The summed E-state index contributed by atoms with van der Waals surface area (Å²) in [6.45, 7) is 1.73. The SMILES string of the molecule is CC(C)O[C@@H]1OC(CO)[C@@H](O[C@@H]2OC(CO)[C@H](O)[C@H](O[C@]3(OC=O)CC(O)[C@@H](C)C([C@H](O)[C@@H](CO)O[C@]4(C(=O)O)CC(O)[C@@H](C)C([C@H](O)[C@H](O)CO)O4)O3)C2O)[C@H](O)C1O. The lowest BCUT2D eigenvalue weighted by molar-refractivity contribution is -0.450. The number of rotatable bonds is 19. The second kappa shape index (κ2) is 21.2. The number of hydrogen-bond acceptors (Lipinski definition) is 24. The summed E-state index contributed by atoms with van der Waals surface area (Å²) in [7, 11) is 0. The molecule has 0 aromatic carbocycles. The van der Waals surface area contributed by atoms with Crippen LogP contribution >= 0.6 is 0 Å². The van der Waals surface area contributed by atoms with Gasteiger partial charge in [-0.05, 0) is 13.8 Å². The number of aliphatic carboxylic acids is 1. The smallest absolute Gasteiger partial charge is 0.364 e. The molecule has 25 nitrogen and oxygen atoms in total. The van der Waals surface area contributed by atoms with E-state index in [2.05, 4.69) is 0 Å². The molecule has 0 saturated carbocycles. The number of aliphatic hydroxyl groups excluding tert-OH is 13. The molecule has 0 aromatic heterocycles. The van der Waals surface area contributed by atoms with Crippen molar-refractivity contribution in [2.75, 3.05) is 26.4 Å². The van der Waals surface area contributed by atoms with E-state index in [4.69, 9.17) is 42.6 Å². The normalized spacial score (nSPS) is 44.8. The lowest BCUT2D eigenvalue weighted by Gasteiger charge is -2.51. The molecule has 0 spiro atoms. The van der Waals surface area contributed by atoms with Crippen LogP contribution in [0.4, 0.5) is 0 Å². The van der Waals surface area contributed by atoms with Gasteiger partial charge in [0.05, 0.1) is 63.4 Å². The van der Waals surface area contributed by atoms with Crippen molar-refractivity contribution in [3.63, 3.8) is 0 Å². The quantitative estimate of drug-likeness (QED) is 0.0423. The number of aliphatic hydroxyl groups is 13. The van der Waals surface area contributed by atoms with Gasteiger partial charge in [-0.3, -0.25) is 4.79 Å². The maximum absolute atomic E-state index is 12.7. The Kier molecular flexibility index (Phi) is 17.9. The topological polar surface area (TPSA) is 400 Å². The van der Waals surface area contributed by atoms with E-state index in [1.54, 1.807) is 13.8 Å². The molecule has 4 rings (SSSR count). The predicted molar refractivity (Wildman–Crippen MR) is 188 cm³/mol. The van der Waals surface area contributed by atoms with Crippen LogP contribution in [-0.4, -0.2) is 238 Å². The minimum Gasteiger partial charge on any atom is -0.477 e. The highest BCUT2D eigenvalue weighted by atomic mass is 16.9. The summed E-state index contributed by atoms with van der Waals surface area (Å²) in [6.07, 6.45) is -34.9. The highest BCUT2D eigenvalue weighted by molar-refractivity contribution is 5.76. The van der Waals surface area contributed by atoms with E-state index in [0.717, 1.165) is 0 Å². The Morgan fingerprint density at radius 1 is 0.750 bits per heavy atom. The molecular weight excluding hydrogens is 820 g/mol. The van der Waals surface area contributed by atoms with Gasteiger partial charge in [0.25, 0.3) is 12.3 Å². The number of ether oxygens (including phenoxy) is 9. The fourth-order valence-corrected chi connectivity index (χ4v) is 7.62. The van der Waals surface area contributed by atoms with Gasteiger partial charge in [0.15, 0.2) is 12.6 Å². The van der Waals surface area contributed by atoms with Crippen molar-refractivity contribution >= 4 is 12.4 Å². The van der Waals surface area contributed by atoms with Gasteiger partial charge >= 0.3 is 11.9 Å². The zero-order valence-corrected chi connectivity index (χ0v) is 33.2. The molecule has 4 aliphatic rings. The van der Waals surface area contributed by atoms with Crippen LogP contribution < -0.4 is 0 Å². The van der Waals surface area contributed by atoms with Crippen molar-refractivity contribution in [3.05, 3.63) is 0 Å². The van der Waals surface area contributed by atoms with Crippen LogP contribution in [0.5, 0.6) is 0 Å². The molecular formula is C35H60O25. The maximum Gasteiger partial charge on any atom is 0.364 e. The molecule has 4 saturated heterocycles. The Hall–Kier alpha value is -1.90. The summed E-state index contributed by atoms with van der Waals surface area (Å²) < 4.78 is 50.4. The monoisotopic (exact) mass is 880 g/mol. The van der Waals surface area contributed by atoms with Crippen molar-refractivity contribution < 1.29 is 124 Å². The van der Waals surface area contributed by atoms with Gasteiger partial charge in [-0.1, -0.05) is 13.8 Å². The Labute approximate surface area is 343 Å². The second-order valence-corrected chi connectivity index (χ2v) is 15.7. The third kappa shape index (κ3) is 10.7. The van der Waals surface area contributed by atoms with Crippen molar-refractivity contribution in [1.82, 2.24) is 0 Å². The summed E-state index contributed by atoms with van der Waals surface area (Å²) in [5.74, 6) is -9.93. The predicted octanol–water partition coefficient (Wildman–Crippen LogP) is -7.31. The van der Waals surface area contributed by atoms with E-state index < -0.39 is 185 Å². The molecule has 0 aliphatic carbocycles. The van der Waals surface area contributed by atoms with E-state index in [1.807, 2.05) is 0 Å². The fourth-order valence-electron chi connectivity index (χ4n) is 7.62. The van der Waals surface area contributed by atoms with Crippen LogP contribution in [0, 0.1) is 11.8 Å². The van der Waals surface area contributed by atoms with Crippen molar-refractivity contribution in [3.8, 4) is 0 Å². The van der Waals surface area contributed by atoms with Crippen molar-refractivity contribution in [2.24, 2.45) is 11.8 Å². The molecule has 8 unspecified atom stereocenters. The highest BCUT2D eigenvalue weighted by Gasteiger charge is 2.60. The van der Waals surface area contributed by atoms with Crippen molar-refractivity contribution in [1.29, 1.82) is 0 Å². The van der Waals surface area contributed by atoms with E-state index in [9.17, 15) is 81.1 Å². The first kappa shape index (κ1) is 50.7. The number of carboxylic acid groups (broad SMARTS) is 1. The fraction of sp³-hybridized carbons (Fsp3) is 0.943. The minimum absolute atomic E-state index is 0.218. The van der Waals surface area contributed by atoms with Gasteiger partial charge < -0.3 is 114 Å². The van der Waals surface area contributed by atoms with Gasteiger partial charge in [0.1, 0.15) is 73.2 Å². The minimum atomic E-state index is -2.93. The zero-order chi connectivity index (χ0) is 45.0. The van der Waals surface area contributed by atoms with Gasteiger partial charge in [-0.2, -0.15) is 0 Å². The largest absolute Gasteiger partial charge is 0.477 e. The van der Waals surface area contributed by atoms with Crippen LogP contribution in [-0.2, 0) is 52.2 Å². The summed E-state index contributed by atoms with van der Waals surface area (Å²) in [4.78, 5) is 24.6. The van der Waals surface area contributed by atoms with Crippen LogP contribution in [0.25, 0.3) is 0 Å². The lowest BCUT2D eigenvalue weighted by atomic mass is 9.84. The van der Waals surface area contributed by atoms with E-state index in [1.165, 1.54) is 13.8 Å². The Morgan fingerprint density at radius 3 is 1.87 bits per heavy atom. The first-order chi connectivity index (χ1) is 28.1. The molecule has 22 atom stereocenters. The summed E-state index contributed by atoms with van der Waals surface area (Å²) in [5.41, 5.74) is 0. The molecule has 0 radical (unpaired) electrons. The number of carboxylic acids is 1. The average molecular weight is 881 g/mol. The van der Waals surface area contributed by atoms with Crippen LogP contribution in [0.2, 0.25) is 0 Å². The molecule has 350 valence electrons. The van der Waals surface area contributed by atoms with Crippen LogP contribution in [0.1, 0.15) is 40.5 Å². The number of carbonyl (C=O) groups excluding carboxylic acids is 1. The van der Waals surface area contributed by atoms with Gasteiger partial charge in [0, 0.05) is 18.3 Å². The molecule has 60 heavy (non-hydrogen) atoms. The van der Waals surface area contributed by atoms with E-state index >= 15 is 0 Å². The van der Waals surface area contributed by atoms with Gasteiger partial charge in [-0.15, -0.1) is 0 Å². The summed E-state index contributed by atoms with van der Waals surface area (Å²) in [5, 5.41) is 149. The number of carbonyl (C=O) groups is 2. The maximum atomic E-state index is 12.7. The van der Waals surface area contributed by atoms with Crippen molar-refractivity contribution in [2.45, 2.75) is 169 Å². The molecule has 4 heterocycles. The number of hydrogen-bond donors (Lipinski definition) is 14. The Balaban J connectivity index is 1.62. The zero-order valence-electron chi connectivity index (χ0n) is 33.2. The third-order valence-electron chi connectivity index (χ3n) is 11.2. The standard InChI is InChI=1S/C35H60O25/c1-12(2)53-31-25(48)24(47)29(20(10-39)55-31)56-32-26(49)30(22(45)18(8-37)54-32)60-35(52-11-40)6-16(42)14(4)28(59-35)23(46)19(9-38)57-34(33(50)51)5-15(41)13(3)27(58-34)21(44)17(43)7-36/h11-32,36-39,41-49H,5-10H2,1-4H3,(H,50,51)/t13-,14-,15?,16?,17-,18?,19-,20?,21-,22+,23-,24-,25?,26?,27?,28?,29-,30+,31-,32+,34-,35+/m1/s1. The lowest BCUT2D eigenvalue weighted by Crippen LogP contribution is -2.68. The molecule has 25 heteroatoms. The third-order valence-corrected chi connectivity index (χ3v) is 11.2. The van der Waals surface area contributed by atoms with Crippen LogP contribution in [0.15, 0.2) is 0 Å². The molecule has 0 bridgehead atoms. The Bertz CT molecular complexity index is 1360. The van der Waals surface area contributed by atoms with E-state index in [0.29, 0.717) is 0 Å². The first-order valence-corrected chi connectivity index (χ1v) is 19.4. The first-order valence-electron chi connectivity index (χ1n) is 19.4. The summed E-state index contributed by atoms with van der Waals surface area (Å²) >= 11 is 0.